The fourth-order valence-electron chi connectivity index (χ4n) is 3.79. The van der Waals surface area contributed by atoms with Gasteiger partial charge in [0.15, 0.2) is 11.5 Å². The Morgan fingerprint density at radius 2 is 2.04 bits per heavy atom. The molecule has 6 heteroatoms. The van der Waals surface area contributed by atoms with Gasteiger partial charge < -0.3 is 25.3 Å². The van der Waals surface area contributed by atoms with Gasteiger partial charge in [-0.05, 0) is 36.9 Å². The van der Waals surface area contributed by atoms with Gasteiger partial charge in [-0.25, -0.2) is 0 Å². The van der Waals surface area contributed by atoms with Crippen LogP contribution in [0.15, 0.2) is 48.2 Å². The molecule has 132 valence electrons. The summed E-state index contributed by atoms with van der Waals surface area (Å²) < 4.78 is 12.2. The van der Waals surface area contributed by atoms with Crippen molar-refractivity contribution < 1.29 is 14.7 Å². The third-order valence-electron chi connectivity index (χ3n) is 4.95. The van der Waals surface area contributed by atoms with Crippen LogP contribution in [-0.2, 0) is 0 Å². The first-order valence-electron chi connectivity index (χ1n) is 8.60. The van der Waals surface area contributed by atoms with Gasteiger partial charge in [-0.3, -0.25) is 0 Å². The van der Waals surface area contributed by atoms with Crippen LogP contribution in [0.5, 0.6) is 11.5 Å². The maximum absolute atomic E-state index is 10.9. The molecule has 0 bridgehead atoms. The molecule has 3 N–H and O–H groups in total. The van der Waals surface area contributed by atoms with Gasteiger partial charge in [-0.2, -0.15) is 4.73 Å². The van der Waals surface area contributed by atoms with Crippen LogP contribution < -0.4 is 20.1 Å². The van der Waals surface area contributed by atoms with E-state index in [4.69, 9.17) is 9.47 Å². The van der Waals surface area contributed by atoms with E-state index >= 15 is 0 Å². The Kier molecular flexibility index (Phi) is 3.33. The molecule has 2 aromatic carbocycles. The van der Waals surface area contributed by atoms with E-state index in [1.807, 2.05) is 49.5 Å². The minimum absolute atomic E-state index is 0.190. The van der Waals surface area contributed by atoms with Gasteiger partial charge in [0.1, 0.15) is 0 Å². The number of nitrogens with zero attached hydrogens (tertiary/aromatic N) is 1. The topological polar surface area (TPSA) is 67.7 Å². The first-order chi connectivity index (χ1) is 12.8. The van der Waals surface area contributed by atoms with E-state index in [0.29, 0.717) is 6.54 Å². The standard InChI is InChI=1S/C20H19N3O3/c1-21-10-13-9-15-14-4-2-3-5-16(14)23(24)20(15)19(22-13)12-6-7-17-18(8-12)26-11-25-17/h2-9,19,21-22,24H,10-11H2,1H3. The lowest BCUT2D eigenvalue weighted by molar-refractivity contribution is 0.174. The highest BCUT2D eigenvalue weighted by molar-refractivity contribution is 5.92. The molecule has 0 spiro atoms. The van der Waals surface area contributed by atoms with E-state index < -0.39 is 0 Å². The zero-order valence-corrected chi connectivity index (χ0v) is 14.3. The minimum Gasteiger partial charge on any atom is -0.454 e. The highest BCUT2D eigenvalue weighted by atomic mass is 16.7. The summed E-state index contributed by atoms with van der Waals surface area (Å²) in [7, 11) is 1.92. The summed E-state index contributed by atoms with van der Waals surface area (Å²) in [6.07, 6.45) is 2.10. The maximum atomic E-state index is 10.9. The Labute approximate surface area is 150 Å². The largest absolute Gasteiger partial charge is 0.454 e. The molecule has 3 heterocycles. The van der Waals surface area contributed by atoms with Crippen molar-refractivity contribution in [1.82, 2.24) is 15.4 Å². The smallest absolute Gasteiger partial charge is 0.231 e. The van der Waals surface area contributed by atoms with E-state index in [9.17, 15) is 5.21 Å². The molecule has 6 nitrogen and oxygen atoms in total. The second-order valence-corrected chi connectivity index (χ2v) is 6.52. The minimum atomic E-state index is -0.190. The summed E-state index contributed by atoms with van der Waals surface area (Å²) in [5.41, 5.74) is 4.74. The van der Waals surface area contributed by atoms with Gasteiger partial charge in [-0.1, -0.05) is 24.3 Å². The average Bonchev–Trinajstić information content (AvgIpc) is 3.25. The van der Waals surface area contributed by atoms with Crippen molar-refractivity contribution in [1.29, 1.82) is 0 Å². The van der Waals surface area contributed by atoms with Crippen molar-refractivity contribution in [3.63, 3.8) is 0 Å². The summed E-state index contributed by atoms with van der Waals surface area (Å²) in [5, 5.41) is 18.6. The van der Waals surface area contributed by atoms with E-state index in [1.54, 1.807) is 0 Å². The van der Waals surface area contributed by atoms with Crippen LogP contribution in [0.25, 0.3) is 17.0 Å². The van der Waals surface area contributed by atoms with E-state index in [2.05, 4.69) is 16.7 Å². The van der Waals surface area contributed by atoms with E-state index in [0.717, 1.165) is 44.9 Å². The van der Waals surface area contributed by atoms with Crippen molar-refractivity contribution in [2.45, 2.75) is 6.04 Å². The Balaban J connectivity index is 1.71. The zero-order chi connectivity index (χ0) is 17.7. The third-order valence-corrected chi connectivity index (χ3v) is 4.95. The summed E-state index contributed by atoms with van der Waals surface area (Å²) >= 11 is 0. The average molecular weight is 349 g/mol. The molecule has 0 radical (unpaired) electrons. The molecule has 26 heavy (non-hydrogen) atoms. The normalized spacial score (nSPS) is 17.7. The number of benzene rings is 2. The van der Waals surface area contributed by atoms with Crippen LogP contribution in [0.4, 0.5) is 0 Å². The number of rotatable bonds is 3. The van der Waals surface area contributed by atoms with E-state index in [1.165, 1.54) is 4.73 Å². The van der Waals surface area contributed by atoms with Crippen molar-refractivity contribution >= 4 is 17.0 Å². The SMILES string of the molecule is CNCC1=Cc2c(n(O)c3ccccc23)C(c2ccc3c(c2)OCO3)N1. The van der Waals surface area contributed by atoms with Gasteiger partial charge in [0.05, 0.1) is 17.3 Å². The lowest BCUT2D eigenvalue weighted by atomic mass is 9.95. The lowest BCUT2D eigenvalue weighted by Crippen LogP contribution is -2.31. The van der Waals surface area contributed by atoms with Gasteiger partial charge in [0.2, 0.25) is 6.79 Å². The summed E-state index contributed by atoms with van der Waals surface area (Å²) in [4.78, 5) is 0. The van der Waals surface area contributed by atoms with Crippen molar-refractivity contribution in [2.24, 2.45) is 0 Å². The lowest BCUT2D eigenvalue weighted by Gasteiger charge is -2.27. The van der Waals surface area contributed by atoms with Gasteiger partial charge in [0.25, 0.3) is 0 Å². The summed E-state index contributed by atoms with van der Waals surface area (Å²) in [6, 6.07) is 13.6. The number of hydrogen-bond acceptors (Lipinski definition) is 5. The summed E-state index contributed by atoms with van der Waals surface area (Å²) in [5.74, 6) is 1.48. The molecule has 0 saturated carbocycles. The molecule has 5 rings (SSSR count). The predicted molar refractivity (Wildman–Crippen MR) is 98.6 cm³/mol. The molecular weight excluding hydrogens is 330 g/mol. The second kappa shape index (κ2) is 5.71. The number of nitrogens with one attached hydrogen (secondary N) is 2. The van der Waals surface area contributed by atoms with Crippen molar-refractivity contribution in [2.75, 3.05) is 20.4 Å². The van der Waals surface area contributed by atoms with E-state index in [-0.39, 0.29) is 12.8 Å². The molecule has 0 fully saturated rings. The fourth-order valence-corrected chi connectivity index (χ4v) is 3.79. The zero-order valence-electron chi connectivity index (χ0n) is 14.3. The Hall–Kier alpha value is -3.12. The monoisotopic (exact) mass is 349 g/mol. The van der Waals surface area contributed by atoms with Crippen molar-refractivity contribution in [3.05, 3.63) is 65.0 Å². The Morgan fingerprint density at radius 1 is 1.19 bits per heavy atom. The number of hydrogen-bond donors (Lipinski definition) is 3. The molecule has 1 unspecified atom stereocenters. The first-order valence-corrected chi connectivity index (χ1v) is 8.60. The highest BCUT2D eigenvalue weighted by Gasteiger charge is 2.30. The molecule has 1 atom stereocenters. The number of likely N-dealkylation sites (N-methyl/N-ethyl adjacent to an activating group) is 1. The van der Waals surface area contributed by atoms with Crippen molar-refractivity contribution in [3.8, 4) is 11.5 Å². The van der Waals surface area contributed by atoms with Crippen LogP contribution in [0.1, 0.15) is 22.9 Å². The number of fused-ring (bicyclic) bond motifs is 4. The number of aromatic nitrogens is 1. The van der Waals surface area contributed by atoms with Gasteiger partial charge in [-0.15, -0.1) is 0 Å². The number of ether oxygens (including phenoxy) is 2. The quantitative estimate of drug-likeness (QED) is 0.635. The Bertz CT molecular complexity index is 1040. The molecule has 0 saturated heterocycles. The van der Waals surface area contributed by atoms with Gasteiger partial charge in [0, 0.05) is 23.2 Å². The third kappa shape index (κ3) is 2.16. The second-order valence-electron chi connectivity index (χ2n) is 6.52. The highest BCUT2D eigenvalue weighted by Crippen LogP contribution is 2.40. The van der Waals surface area contributed by atoms with Gasteiger partial charge >= 0.3 is 0 Å². The molecule has 1 aromatic heterocycles. The van der Waals surface area contributed by atoms with Crippen LogP contribution in [0.3, 0.4) is 0 Å². The molecular formula is C20H19N3O3. The predicted octanol–water partition coefficient (Wildman–Crippen LogP) is 2.86. The Morgan fingerprint density at radius 3 is 2.92 bits per heavy atom. The van der Waals surface area contributed by atoms with Crippen LogP contribution in [0.2, 0.25) is 0 Å². The van der Waals surface area contributed by atoms with Crippen LogP contribution in [-0.4, -0.2) is 30.3 Å². The molecule has 2 aliphatic rings. The maximum Gasteiger partial charge on any atom is 0.231 e. The molecule has 2 aliphatic heterocycles. The molecule has 3 aromatic rings. The number of para-hydroxylation sites is 1. The molecule has 0 amide bonds. The van der Waals surface area contributed by atoms with Crippen LogP contribution in [0, 0.1) is 0 Å². The summed E-state index contributed by atoms with van der Waals surface area (Å²) in [6.45, 7) is 0.957. The first kappa shape index (κ1) is 15.2. The van der Waals surface area contributed by atoms with Crippen LogP contribution >= 0.6 is 0 Å². The fraction of sp³-hybridized carbons (Fsp3) is 0.200. The molecule has 0 aliphatic carbocycles.